The molecule has 3 rings (SSSR count). The number of H-pyrrole nitrogens is 3. The smallest absolute Gasteiger partial charge is 0.0923 e. The van der Waals surface area contributed by atoms with Crippen LogP contribution in [-0.4, -0.2) is 29.9 Å². The second kappa shape index (κ2) is 5.07. The first-order valence-corrected chi connectivity index (χ1v) is 6.05. The van der Waals surface area contributed by atoms with Crippen molar-refractivity contribution in [1.82, 2.24) is 29.9 Å². The fourth-order valence-corrected chi connectivity index (χ4v) is 2.18. The van der Waals surface area contributed by atoms with Crippen LogP contribution < -0.4 is 5.73 Å². The van der Waals surface area contributed by atoms with Crippen molar-refractivity contribution in [2.75, 3.05) is 0 Å². The number of aromatic amines is 3. The van der Waals surface area contributed by atoms with Gasteiger partial charge in [0.25, 0.3) is 0 Å². The van der Waals surface area contributed by atoms with Gasteiger partial charge >= 0.3 is 0 Å². The van der Waals surface area contributed by atoms with Crippen LogP contribution in [0.4, 0.5) is 0 Å². The molecule has 7 nitrogen and oxygen atoms in total. The van der Waals surface area contributed by atoms with Gasteiger partial charge in [-0.25, -0.2) is 15.0 Å². The second-order valence-electron chi connectivity index (χ2n) is 4.39. The summed E-state index contributed by atoms with van der Waals surface area (Å²) < 4.78 is 0. The molecule has 0 aliphatic rings. The summed E-state index contributed by atoms with van der Waals surface area (Å²) in [6, 6.07) is -0.230. The Bertz CT molecular complexity index is 582. The summed E-state index contributed by atoms with van der Waals surface area (Å²) in [5.74, 6) is 0.0258. The maximum Gasteiger partial charge on any atom is 0.0923 e. The van der Waals surface area contributed by atoms with Crippen LogP contribution in [0.3, 0.4) is 0 Å². The zero-order chi connectivity index (χ0) is 13.1. The lowest BCUT2D eigenvalue weighted by Gasteiger charge is -2.20. The Morgan fingerprint density at radius 2 is 1.53 bits per heavy atom. The predicted octanol–water partition coefficient (Wildman–Crippen LogP) is 0.882. The highest BCUT2D eigenvalue weighted by Crippen LogP contribution is 2.29. The van der Waals surface area contributed by atoms with Crippen LogP contribution in [0.5, 0.6) is 0 Å². The van der Waals surface area contributed by atoms with Gasteiger partial charge in [0.1, 0.15) is 0 Å². The highest BCUT2D eigenvalue weighted by atomic mass is 14.9. The molecule has 0 aromatic carbocycles. The van der Waals surface area contributed by atoms with E-state index in [2.05, 4.69) is 29.9 Å². The molecule has 0 fully saturated rings. The molecule has 0 bridgehead atoms. The van der Waals surface area contributed by atoms with E-state index in [1.54, 1.807) is 19.0 Å². The summed E-state index contributed by atoms with van der Waals surface area (Å²) in [6.07, 6.45) is 11.2. The number of rotatable bonds is 5. The van der Waals surface area contributed by atoms with Gasteiger partial charge in [0.2, 0.25) is 0 Å². The van der Waals surface area contributed by atoms with Gasteiger partial charge in [-0.2, -0.15) is 0 Å². The van der Waals surface area contributed by atoms with Crippen LogP contribution in [0.15, 0.2) is 37.6 Å². The van der Waals surface area contributed by atoms with Gasteiger partial charge in [0, 0.05) is 30.9 Å². The van der Waals surface area contributed by atoms with Crippen molar-refractivity contribution in [2.24, 2.45) is 5.73 Å². The quantitative estimate of drug-likeness (QED) is 0.543. The monoisotopic (exact) mass is 257 g/mol. The van der Waals surface area contributed by atoms with E-state index in [0.29, 0.717) is 6.42 Å². The molecule has 98 valence electrons. The first-order chi connectivity index (χ1) is 9.34. The summed E-state index contributed by atoms with van der Waals surface area (Å²) in [7, 11) is 0. The van der Waals surface area contributed by atoms with E-state index in [4.69, 9.17) is 5.73 Å². The van der Waals surface area contributed by atoms with Gasteiger partial charge in [-0.3, -0.25) is 0 Å². The molecule has 19 heavy (non-hydrogen) atoms. The molecule has 0 amide bonds. The summed E-state index contributed by atoms with van der Waals surface area (Å²) in [4.78, 5) is 21.6. The Morgan fingerprint density at radius 1 is 0.895 bits per heavy atom. The van der Waals surface area contributed by atoms with Crippen LogP contribution in [0.25, 0.3) is 0 Å². The molecule has 3 aromatic rings. The van der Waals surface area contributed by atoms with E-state index in [1.165, 1.54) is 0 Å². The first kappa shape index (κ1) is 11.7. The Labute approximate surface area is 109 Å². The van der Waals surface area contributed by atoms with E-state index in [9.17, 15) is 0 Å². The van der Waals surface area contributed by atoms with E-state index in [0.717, 1.165) is 17.1 Å². The molecule has 0 aliphatic heterocycles. The molecule has 0 saturated heterocycles. The van der Waals surface area contributed by atoms with Crippen molar-refractivity contribution in [3.8, 4) is 0 Å². The van der Waals surface area contributed by atoms with Gasteiger partial charge < -0.3 is 20.7 Å². The molecule has 3 aromatic heterocycles. The minimum absolute atomic E-state index is 0.0258. The standard InChI is InChI=1S/C12H15N7/c13-12(11-4-16-7-19-11)9(10-3-15-6-18-10)1-8-2-14-5-17-8/h2-7,9,12H,1,13H2,(H,14,17)(H,15,18)(H,16,19). The van der Waals surface area contributed by atoms with Crippen molar-refractivity contribution in [3.63, 3.8) is 0 Å². The molecule has 2 atom stereocenters. The number of aromatic nitrogens is 6. The lowest BCUT2D eigenvalue weighted by Crippen LogP contribution is -2.22. The Hall–Kier alpha value is -2.41. The molecular weight excluding hydrogens is 242 g/mol. The van der Waals surface area contributed by atoms with E-state index >= 15 is 0 Å². The van der Waals surface area contributed by atoms with Crippen molar-refractivity contribution in [1.29, 1.82) is 0 Å². The van der Waals surface area contributed by atoms with Gasteiger partial charge in [-0.05, 0) is 0 Å². The molecule has 5 N–H and O–H groups in total. The molecule has 0 aliphatic carbocycles. The van der Waals surface area contributed by atoms with Crippen molar-refractivity contribution < 1.29 is 0 Å². The topological polar surface area (TPSA) is 112 Å². The zero-order valence-corrected chi connectivity index (χ0v) is 10.2. The predicted molar refractivity (Wildman–Crippen MR) is 69.1 cm³/mol. The number of nitrogens with two attached hydrogens (primary N) is 1. The largest absolute Gasteiger partial charge is 0.351 e. The second-order valence-corrected chi connectivity index (χ2v) is 4.39. The van der Waals surface area contributed by atoms with Crippen LogP contribution in [0.1, 0.15) is 29.0 Å². The average molecular weight is 257 g/mol. The zero-order valence-electron chi connectivity index (χ0n) is 10.2. The van der Waals surface area contributed by atoms with Crippen molar-refractivity contribution in [3.05, 3.63) is 54.7 Å². The Kier molecular flexibility index (Phi) is 3.11. The van der Waals surface area contributed by atoms with E-state index in [-0.39, 0.29) is 12.0 Å². The maximum absolute atomic E-state index is 6.32. The SMILES string of the molecule is NC(c1c[nH]cn1)C(Cc1c[nH]cn1)c1c[nH]cn1. The number of hydrogen-bond donors (Lipinski definition) is 4. The van der Waals surface area contributed by atoms with Crippen LogP contribution in [-0.2, 0) is 6.42 Å². The molecular formula is C12H15N7. The van der Waals surface area contributed by atoms with Crippen molar-refractivity contribution in [2.45, 2.75) is 18.4 Å². The third-order valence-corrected chi connectivity index (χ3v) is 3.18. The fourth-order valence-electron chi connectivity index (χ4n) is 2.18. The molecule has 0 radical (unpaired) electrons. The molecule has 3 heterocycles. The van der Waals surface area contributed by atoms with E-state index < -0.39 is 0 Å². The van der Waals surface area contributed by atoms with Gasteiger partial charge in [-0.15, -0.1) is 0 Å². The Balaban J connectivity index is 1.88. The summed E-state index contributed by atoms with van der Waals surface area (Å²) in [5, 5.41) is 0. The lowest BCUT2D eigenvalue weighted by molar-refractivity contribution is 0.527. The molecule has 7 heteroatoms. The number of nitrogens with zero attached hydrogens (tertiary/aromatic N) is 3. The minimum Gasteiger partial charge on any atom is -0.351 e. The maximum atomic E-state index is 6.32. The normalized spacial score (nSPS) is 14.4. The number of nitrogens with one attached hydrogen (secondary N) is 3. The summed E-state index contributed by atoms with van der Waals surface area (Å²) >= 11 is 0. The molecule has 2 unspecified atom stereocenters. The van der Waals surface area contributed by atoms with Gasteiger partial charge in [-0.1, -0.05) is 0 Å². The van der Waals surface area contributed by atoms with Crippen LogP contribution in [0.2, 0.25) is 0 Å². The summed E-state index contributed by atoms with van der Waals surface area (Å²) in [6.45, 7) is 0. The lowest BCUT2D eigenvalue weighted by atomic mass is 9.90. The molecule has 0 saturated carbocycles. The highest BCUT2D eigenvalue weighted by Gasteiger charge is 2.25. The van der Waals surface area contributed by atoms with Crippen molar-refractivity contribution >= 4 is 0 Å². The third kappa shape index (κ3) is 2.41. The van der Waals surface area contributed by atoms with Crippen LogP contribution >= 0.6 is 0 Å². The first-order valence-electron chi connectivity index (χ1n) is 6.05. The van der Waals surface area contributed by atoms with Gasteiger partial charge in [0.05, 0.1) is 42.1 Å². The third-order valence-electron chi connectivity index (χ3n) is 3.18. The average Bonchev–Trinajstić information content (AvgIpc) is 3.15. The van der Waals surface area contributed by atoms with Crippen LogP contribution in [0, 0.1) is 0 Å². The van der Waals surface area contributed by atoms with E-state index in [1.807, 2.05) is 18.6 Å². The minimum atomic E-state index is -0.230. The number of imidazole rings is 3. The fraction of sp³-hybridized carbons (Fsp3) is 0.250. The van der Waals surface area contributed by atoms with Gasteiger partial charge in [0.15, 0.2) is 0 Å². The highest BCUT2D eigenvalue weighted by molar-refractivity contribution is 5.17. The summed E-state index contributed by atoms with van der Waals surface area (Å²) in [5.41, 5.74) is 9.01. The Morgan fingerprint density at radius 3 is 2.11 bits per heavy atom. The number of hydrogen-bond acceptors (Lipinski definition) is 4. The molecule has 0 spiro atoms.